The molecule has 6 nitrogen and oxygen atoms in total. The molecule has 3 rings (SSSR count). The maximum absolute atomic E-state index is 15.1. The van der Waals surface area contributed by atoms with Crippen LogP contribution in [0.25, 0.3) is 11.1 Å². The van der Waals surface area contributed by atoms with Crippen LogP contribution in [-0.4, -0.2) is 36.2 Å². The summed E-state index contributed by atoms with van der Waals surface area (Å²) in [6, 6.07) is 13.8. The van der Waals surface area contributed by atoms with E-state index in [-0.39, 0.29) is 44.3 Å². The van der Waals surface area contributed by atoms with Crippen LogP contribution in [0.4, 0.5) is 9.18 Å². The van der Waals surface area contributed by atoms with Crippen molar-refractivity contribution in [1.29, 1.82) is 0 Å². The second-order valence-electron chi connectivity index (χ2n) is 8.87. The summed E-state index contributed by atoms with van der Waals surface area (Å²) in [6.45, 7) is 5.40. The predicted molar refractivity (Wildman–Crippen MR) is 125 cm³/mol. The van der Waals surface area contributed by atoms with Gasteiger partial charge in [0, 0.05) is 28.1 Å². The summed E-state index contributed by atoms with van der Waals surface area (Å²) in [6.07, 6.45) is -1.12. The third-order valence-electron chi connectivity index (χ3n) is 4.87. The molecule has 0 saturated carbocycles. The first-order valence-electron chi connectivity index (χ1n) is 10.2. The number of halogens is 1. The quantitative estimate of drug-likeness (QED) is 0.461. The first kappa shape index (κ1) is 24.9. The number of aliphatic hydroxyl groups is 1. The molecule has 33 heavy (non-hydrogen) atoms. The molecule has 0 unspecified atom stereocenters. The monoisotopic (exact) mass is 491 g/mol. The fourth-order valence-electron chi connectivity index (χ4n) is 3.46. The molecule has 2 aromatic carbocycles. The highest BCUT2D eigenvalue weighted by Crippen LogP contribution is 2.40. The van der Waals surface area contributed by atoms with E-state index in [4.69, 9.17) is 0 Å². The van der Waals surface area contributed by atoms with Crippen LogP contribution in [0, 0.1) is 11.2 Å². The van der Waals surface area contributed by atoms with Crippen molar-refractivity contribution in [3.63, 3.8) is 0 Å². The lowest BCUT2D eigenvalue weighted by molar-refractivity contribution is 0.123. The van der Waals surface area contributed by atoms with Crippen molar-refractivity contribution in [3.05, 3.63) is 70.9 Å². The van der Waals surface area contributed by atoms with Crippen molar-refractivity contribution in [3.8, 4) is 11.1 Å². The topological polar surface area (TPSA) is 94.9 Å². The summed E-state index contributed by atoms with van der Waals surface area (Å²) in [7, 11) is -4.00. The van der Waals surface area contributed by atoms with Crippen LogP contribution in [0.15, 0.2) is 63.7 Å². The molecule has 0 fully saturated rings. The highest BCUT2D eigenvalue weighted by Gasteiger charge is 2.29. The van der Waals surface area contributed by atoms with Gasteiger partial charge in [-0.05, 0) is 23.6 Å². The molecular weight excluding hydrogens is 465 g/mol. The Morgan fingerprint density at radius 3 is 2.30 bits per heavy atom. The summed E-state index contributed by atoms with van der Waals surface area (Å²) in [5, 5.41) is 19.1. The van der Waals surface area contributed by atoms with Crippen LogP contribution in [0.1, 0.15) is 31.2 Å². The number of hydrogen-bond acceptors (Lipinski definition) is 5. The second kappa shape index (κ2) is 9.62. The van der Waals surface area contributed by atoms with Gasteiger partial charge in [0.25, 0.3) is 0 Å². The molecule has 3 aromatic rings. The van der Waals surface area contributed by atoms with Crippen molar-refractivity contribution in [2.24, 2.45) is 5.41 Å². The number of amides is 1. The molecule has 0 saturated heterocycles. The van der Waals surface area contributed by atoms with E-state index in [1.165, 1.54) is 35.2 Å². The average molecular weight is 492 g/mol. The Hall–Kier alpha value is -2.75. The number of rotatable bonds is 7. The summed E-state index contributed by atoms with van der Waals surface area (Å²) in [4.78, 5) is 13.6. The van der Waals surface area contributed by atoms with Gasteiger partial charge in [-0.25, -0.2) is 17.6 Å². The van der Waals surface area contributed by atoms with Gasteiger partial charge in [0.15, 0.2) is 0 Å². The van der Waals surface area contributed by atoms with Gasteiger partial charge in [0.05, 0.1) is 18.0 Å². The van der Waals surface area contributed by atoms with Crippen molar-refractivity contribution >= 4 is 27.3 Å². The first-order valence-corrected chi connectivity index (χ1v) is 12.5. The number of sulfone groups is 1. The van der Waals surface area contributed by atoms with Crippen molar-refractivity contribution in [2.75, 3.05) is 6.54 Å². The normalized spacial score (nSPS) is 12.0. The van der Waals surface area contributed by atoms with E-state index >= 15 is 4.39 Å². The molecule has 0 aliphatic carbocycles. The number of benzene rings is 2. The van der Waals surface area contributed by atoms with E-state index in [9.17, 15) is 23.4 Å². The minimum Gasteiger partial charge on any atom is -0.465 e. The minimum absolute atomic E-state index is 0.0319. The average Bonchev–Trinajstić information content (AvgIpc) is 3.17. The SMILES string of the molecule is CC(C)(C)CN(Cc1cc(-c2cccc(CO)c2F)c(S(=O)(=O)c2ccccc2)s1)C(=O)O. The predicted octanol–water partition coefficient (Wildman–Crippen LogP) is 5.41. The van der Waals surface area contributed by atoms with Gasteiger partial charge in [0.2, 0.25) is 9.84 Å². The Bertz CT molecular complexity index is 1250. The van der Waals surface area contributed by atoms with Crippen LogP contribution in [0.2, 0.25) is 0 Å². The van der Waals surface area contributed by atoms with E-state index in [1.54, 1.807) is 24.3 Å². The van der Waals surface area contributed by atoms with E-state index < -0.39 is 28.4 Å². The van der Waals surface area contributed by atoms with E-state index in [0.717, 1.165) is 11.3 Å². The van der Waals surface area contributed by atoms with Crippen LogP contribution < -0.4 is 0 Å². The molecule has 0 bridgehead atoms. The lowest BCUT2D eigenvalue weighted by atomic mass is 9.96. The molecular formula is C24H26FNO5S2. The Balaban J connectivity index is 2.18. The molecule has 0 aliphatic rings. The fourth-order valence-corrected chi connectivity index (χ4v) is 6.61. The lowest BCUT2D eigenvalue weighted by Gasteiger charge is -2.27. The van der Waals surface area contributed by atoms with Gasteiger partial charge in [-0.1, -0.05) is 57.2 Å². The van der Waals surface area contributed by atoms with Gasteiger partial charge in [0.1, 0.15) is 10.0 Å². The number of carbonyl (C=O) groups is 1. The second-order valence-corrected chi connectivity index (χ2v) is 12.1. The zero-order chi connectivity index (χ0) is 24.4. The van der Waals surface area contributed by atoms with Gasteiger partial charge in [-0.2, -0.15) is 0 Å². The largest absolute Gasteiger partial charge is 0.465 e. The highest BCUT2D eigenvalue weighted by molar-refractivity contribution is 7.93. The molecule has 0 aliphatic heterocycles. The van der Waals surface area contributed by atoms with Gasteiger partial charge in [-0.3, -0.25) is 0 Å². The maximum atomic E-state index is 15.1. The molecule has 0 radical (unpaired) electrons. The zero-order valence-electron chi connectivity index (χ0n) is 18.6. The fraction of sp³-hybridized carbons (Fsp3) is 0.292. The molecule has 176 valence electrons. The van der Waals surface area contributed by atoms with Crippen molar-refractivity contribution < 1.29 is 27.8 Å². The molecule has 2 N–H and O–H groups in total. The maximum Gasteiger partial charge on any atom is 0.407 e. The first-order chi connectivity index (χ1) is 15.4. The van der Waals surface area contributed by atoms with Crippen LogP contribution in [0.5, 0.6) is 0 Å². The number of hydrogen-bond donors (Lipinski definition) is 2. The third-order valence-corrected chi connectivity index (χ3v) is 8.29. The molecule has 1 heterocycles. The van der Waals surface area contributed by atoms with E-state index in [0.29, 0.717) is 4.88 Å². The Kier molecular flexibility index (Phi) is 7.26. The van der Waals surface area contributed by atoms with Crippen LogP contribution >= 0.6 is 11.3 Å². The minimum atomic E-state index is -4.00. The Morgan fingerprint density at radius 2 is 1.73 bits per heavy atom. The standard InChI is InChI=1S/C24H26FNO5S2/c1-24(2,3)15-26(23(28)29)13-17-12-20(19-11-7-8-16(14-27)21(19)25)22(32-17)33(30,31)18-9-5-4-6-10-18/h4-12,27H,13-15H2,1-3H3,(H,28,29). The van der Waals surface area contributed by atoms with E-state index in [2.05, 4.69) is 0 Å². The number of thiophene rings is 1. The zero-order valence-corrected chi connectivity index (χ0v) is 20.2. The van der Waals surface area contributed by atoms with Crippen molar-refractivity contribution in [2.45, 2.75) is 43.0 Å². The molecule has 0 spiro atoms. The van der Waals surface area contributed by atoms with Gasteiger partial charge < -0.3 is 15.1 Å². The highest BCUT2D eigenvalue weighted by atomic mass is 32.2. The van der Waals surface area contributed by atoms with Crippen molar-refractivity contribution in [1.82, 2.24) is 4.90 Å². The molecule has 0 atom stereocenters. The van der Waals surface area contributed by atoms with Gasteiger partial charge >= 0.3 is 6.09 Å². The Morgan fingerprint density at radius 1 is 1.06 bits per heavy atom. The molecule has 1 aromatic heterocycles. The number of aliphatic hydroxyl groups excluding tert-OH is 1. The lowest BCUT2D eigenvalue weighted by Crippen LogP contribution is -2.36. The van der Waals surface area contributed by atoms with E-state index in [1.807, 2.05) is 20.8 Å². The number of nitrogens with zero attached hydrogens (tertiary/aromatic N) is 1. The molecule has 1 amide bonds. The third kappa shape index (κ3) is 5.61. The smallest absolute Gasteiger partial charge is 0.407 e. The number of carboxylic acid groups (broad SMARTS) is 1. The summed E-state index contributed by atoms with van der Waals surface area (Å²) in [5.74, 6) is -0.710. The Labute approximate surface area is 196 Å². The van der Waals surface area contributed by atoms with Crippen LogP contribution in [0.3, 0.4) is 0 Å². The summed E-state index contributed by atoms with van der Waals surface area (Å²) >= 11 is 0.928. The molecule has 9 heteroatoms. The summed E-state index contributed by atoms with van der Waals surface area (Å²) < 4.78 is 42.0. The van der Waals surface area contributed by atoms with Crippen LogP contribution in [-0.2, 0) is 23.0 Å². The van der Waals surface area contributed by atoms with Gasteiger partial charge in [-0.15, -0.1) is 11.3 Å². The summed E-state index contributed by atoms with van der Waals surface area (Å²) in [5.41, 5.74) is -0.0777.